The van der Waals surface area contributed by atoms with E-state index in [0.29, 0.717) is 24.6 Å². The van der Waals surface area contributed by atoms with Crippen molar-refractivity contribution >= 4 is 33.4 Å². The minimum absolute atomic E-state index is 0.0324. The van der Waals surface area contributed by atoms with Gasteiger partial charge in [0.1, 0.15) is 5.82 Å². The van der Waals surface area contributed by atoms with Gasteiger partial charge in [-0.25, -0.2) is 4.39 Å². The van der Waals surface area contributed by atoms with Crippen molar-refractivity contribution in [3.05, 3.63) is 34.1 Å². The van der Waals surface area contributed by atoms with Gasteiger partial charge in [0, 0.05) is 13.1 Å². The summed E-state index contributed by atoms with van der Waals surface area (Å²) in [7, 11) is 0. The highest BCUT2D eigenvalue weighted by Gasteiger charge is 2.29. The number of rotatable bonds is 1. The second-order valence-corrected chi connectivity index (χ2v) is 5.99. The first-order valence-electron chi connectivity index (χ1n) is 5.88. The molecule has 2 nitrogen and oxygen atoms in total. The molecule has 0 bridgehead atoms. The van der Waals surface area contributed by atoms with E-state index in [-0.39, 0.29) is 15.8 Å². The highest BCUT2D eigenvalue weighted by molar-refractivity contribution is 9.10. The van der Waals surface area contributed by atoms with Crippen LogP contribution in [-0.2, 0) is 0 Å². The lowest BCUT2D eigenvalue weighted by atomic mass is 9.98. The standard InChI is InChI=1S/C13H14BrClFNO/c1-8-5-6-17(7-10(8)15)13(18)9-3-2-4-11(16)12(9)14/h2-4,8,10H,5-7H2,1H3. The second kappa shape index (κ2) is 5.57. The number of hydrogen-bond acceptors (Lipinski definition) is 1. The first-order valence-corrected chi connectivity index (χ1v) is 7.11. The van der Waals surface area contributed by atoms with Crippen LogP contribution in [0.3, 0.4) is 0 Å². The van der Waals surface area contributed by atoms with Gasteiger partial charge in [0.05, 0.1) is 15.4 Å². The maximum atomic E-state index is 13.4. The Morgan fingerprint density at radius 1 is 1.56 bits per heavy atom. The molecule has 1 heterocycles. The first kappa shape index (κ1) is 13.8. The minimum Gasteiger partial charge on any atom is -0.337 e. The number of likely N-dealkylation sites (tertiary alicyclic amines) is 1. The molecule has 5 heteroatoms. The number of carbonyl (C=O) groups excluding carboxylic acids is 1. The van der Waals surface area contributed by atoms with Crippen LogP contribution in [0.15, 0.2) is 22.7 Å². The van der Waals surface area contributed by atoms with E-state index in [1.807, 2.05) is 0 Å². The number of halogens is 3. The molecule has 1 fully saturated rings. The number of nitrogens with zero attached hydrogens (tertiary/aromatic N) is 1. The quantitative estimate of drug-likeness (QED) is 0.718. The van der Waals surface area contributed by atoms with Crippen LogP contribution in [0.4, 0.5) is 4.39 Å². The Balaban J connectivity index is 2.19. The van der Waals surface area contributed by atoms with Gasteiger partial charge in [-0.1, -0.05) is 13.0 Å². The lowest BCUT2D eigenvalue weighted by molar-refractivity contribution is 0.0700. The highest BCUT2D eigenvalue weighted by Crippen LogP contribution is 2.26. The van der Waals surface area contributed by atoms with Gasteiger partial charge < -0.3 is 4.90 Å². The van der Waals surface area contributed by atoms with Crippen LogP contribution >= 0.6 is 27.5 Å². The number of alkyl halides is 1. The average Bonchev–Trinajstić information content (AvgIpc) is 2.35. The van der Waals surface area contributed by atoms with E-state index < -0.39 is 5.82 Å². The maximum Gasteiger partial charge on any atom is 0.255 e. The molecule has 2 atom stereocenters. The van der Waals surface area contributed by atoms with E-state index in [0.717, 1.165) is 6.42 Å². The van der Waals surface area contributed by atoms with Gasteiger partial charge >= 0.3 is 0 Å². The maximum absolute atomic E-state index is 13.4. The zero-order valence-corrected chi connectivity index (χ0v) is 12.3. The Kier molecular flexibility index (Phi) is 4.28. The molecular weight excluding hydrogens is 321 g/mol. The molecular formula is C13H14BrClFNO. The van der Waals surface area contributed by atoms with Crippen LogP contribution in [0.1, 0.15) is 23.7 Å². The fourth-order valence-corrected chi connectivity index (χ4v) is 2.77. The third-order valence-electron chi connectivity index (χ3n) is 3.34. The largest absolute Gasteiger partial charge is 0.337 e. The molecule has 1 saturated heterocycles. The predicted octanol–water partition coefficient (Wildman–Crippen LogP) is 3.68. The minimum atomic E-state index is -0.423. The second-order valence-electron chi connectivity index (χ2n) is 4.63. The van der Waals surface area contributed by atoms with Gasteiger partial charge in [-0.15, -0.1) is 11.6 Å². The summed E-state index contributed by atoms with van der Waals surface area (Å²) in [5.41, 5.74) is 0.355. The SMILES string of the molecule is CC1CCN(C(=O)c2cccc(F)c2Br)CC1Cl. The zero-order chi connectivity index (χ0) is 13.3. The van der Waals surface area contributed by atoms with Crippen LogP contribution < -0.4 is 0 Å². The summed E-state index contributed by atoms with van der Waals surface area (Å²) in [6.07, 6.45) is 0.882. The number of carbonyl (C=O) groups is 1. The summed E-state index contributed by atoms with van der Waals surface area (Å²) in [5, 5.41) is -0.0324. The molecule has 2 rings (SSSR count). The van der Waals surface area contributed by atoms with Gasteiger partial charge in [-0.2, -0.15) is 0 Å². The molecule has 0 saturated carbocycles. The summed E-state index contributed by atoms with van der Waals surface area (Å²) in [5.74, 6) is -0.181. The van der Waals surface area contributed by atoms with Gasteiger partial charge in [0.2, 0.25) is 0 Å². The van der Waals surface area contributed by atoms with Crippen LogP contribution in [0, 0.1) is 11.7 Å². The van der Waals surface area contributed by atoms with Crippen LogP contribution in [0.5, 0.6) is 0 Å². The lowest BCUT2D eigenvalue weighted by Gasteiger charge is -2.34. The van der Waals surface area contributed by atoms with E-state index >= 15 is 0 Å². The Labute approximate surface area is 119 Å². The topological polar surface area (TPSA) is 20.3 Å². The van der Waals surface area contributed by atoms with E-state index in [1.54, 1.807) is 11.0 Å². The lowest BCUT2D eigenvalue weighted by Crippen LogP contribution is -2.43. The van der Waals surface area contributed by atoms with Crippen LogP contribution in [-0.4, -0.2) is 29.3 Å². The number of benzene rings is 1. The Morgan fingerprint density at radius 3 is 2.94 bits per heavy atom. The van der Waals surface area contributed by atoms with Crippen molar-refractivity contribution in [2.24, 2.45) is 5.92 Å². The van der Waals surface area contributed by atoms with Crippen molar-refractivity contribution in [1.29, 1.82) is 0 Å². The Bertz CT molecular complexity index is 468. The molecule has 0 radical (unpaired) electrons. The molecule has 18 heavy (non-hydrogen) atoms. The van der Waals surface area contributed by atoms with Crippen LogP contribution in [0.25, 0.3) is 0 Å². The zero-order valence-electron chi connectivity index (χ0n) is 10.00. The van der Waals surface area contributed by atoms with Crippen molar-refractivity contribution in [2.75, 3.05) is 13.1 Å². The van der Waals surface area contributed by atoms with Crippen molar-refractivity contribution in [3.63, 3.8) is 0 Å². The van der Waals surface area contributed by atoms with Crippen molar-refractivity contribution in [2.45, 2.75) is 18.7 Å². The smallest absolute Gasteiger partial charge is 0.255 e. The molecule has 1 aromatic carbocycles. The van der Waals surface area contributed by atoms with Gasteiger partial charge in [-0.05, 0) is 40.4 Å². The van der Waals surface area contributed by atoms with E-state index in [9.17, 15) is 9.18 Å². The van der Waals surface area contributed by atoms with Crippen molar-refractivity contribution in [3.8, 4) is 0 Å². The number of amides is 1. The van der Waals surface area contributed by atoms with E-state index in [4.69, 9.17) is 11.6 Å². The fraction of sp³-hybridized carbons (Fsp3) is 0.462. The normalized spacial score (nSPS) is 24.1. The number of piperidine rings is 1. The molecule has 98 valence electrons. The summed E-state index contributed by atoms with van der Waals surface area (Å²) in [6, 6.07) is 4.48. The van der Waals surface area contributed by atoms with Gasteiger partial charge in [0.15, 0.2) is 0 Å². The van der Waals surface area contributed by atoms with E-state index in [2.05, 4.69) is 22.9 Å². The predicted molar refractivity (Wildman–Crippen MR) is 73.4 cm³/mol. The van der Waals surface area contributed by atoms with Gasteiger partial charge in [0.25, 0.3) is 5.91 Å². The molecule has 0 aromatic heterocycles. The third-order valence-corrected chi connectivity index (χ3v) is 4.71. The Hall–Kier alpha value is -0.610. The van der Waals surface area contributed by atoms with E-state index in [1.165, 1.54) is 12.1 Å². The first-order chi connectivity index (χ1) is 8.50. The molecule has 0 spiro atoms. The molecule has 1 aliphatic rings. The molecule has 1 aromatic rings. The molecule has 0 N–H and O–H groups in total. The summed E-state index contributed by atoms with van der Waals surface area (Å²) in [6.45, 7) is 3.27. The summed E-state index contributed by atoms with van der Waals surface area (Å²) < 4.78 is 13.6. The summed E-state index contributed by atoms with van der Waals surface area (Å²) >= 11 is 9.30. The number of hydrogen-bond donors (Lipinski definition) is 0. The van der Waals surface area contributed by atoms with Crippen LogP contribution in [0.2, 0.25) is 0 Å². The molecule has 1 amide bonds. The average molecular weight is 335 g/mol. The highest BCUT2D eigenvalue weighted by atomic mass is 79.9. The van der Waals surface area contributed by atoms with Gasteiger partial charge in [-0.3, -0.25) is 4.79 Å². The molecule has 0 aliphatic carbocycles. The third kappa shape index (κ3) is 2.69. The fourth-order valence-electron chi connectivity index (χ4n) is 2.05. The molecule has 1 aliphatic heterocycles. The van der Waals surface area contributed by atoms with Crippen molar-refractivity contribution in [1.82, 2.24) is 4.90 Å². The van der Waals surface area contributed by atoms with Crippen molar-refractivity contribution < 1.29 is 9.18 Å². The monoisotopic (exact) mass is 333 g/mol. The summed E-state index contributed by atoms with van der Waals surface area (Å²) in [4.78, 5) is 14.0. The molecule has 2 unspecified atom stereocenters. The Morgan fingerprint density at radius 2 is 2.28 bits per heavy atom.